The minimum absolute atomic E-state index is 0.241. The standard InChI is InChI=1S/C18H21N4O3PS/c1-3-24-26(23,25-4-2)11-14-5-7-15(8-6-14)21-18-19-10-9-16(22-18)17-12-27-13-20-17/h5-10,12-13H,3-4,11H2,1-2H3,(H,19,21,22). The van der Waals surface area contributed by atoms with Crippen LogP contribution in [0.25, 0.3) is 11.4 Å². The molecular weight excluding hydrogens is 383 g/mol. The second-order valence-corrected chi connectivity index (χ2v) is 8.34. The Kier molecular flexibility index (Phi) is 6.68. The molecule has 1 N–H and O–H groups in total. The van der Waals surface area contributed by atoms with Gasteiger partial charge in [0, 0.05) is 17.3 Å². The van der Waals surface area contributed by atoms with E-state index in [1.807, 2.05) is 35.7 Å². The van der Waals surface area contributed by atoms with Gasteiger partial charge in [-0.15, -0.1) is 11.3 Å². The van der Waals surface area contributed by atoms with Crippen LogP contribution in [0.2, 0.25) is 0 Å². The van der Waals surface area contributed by atoms with Crippen LogP contribution in [-0.2, 0) is 19.8 Å². The second-order valence-electron chi connectivity index (χ2n) is 5.57. The van der Waals surface area contributed by atoms with Gasteiger partial charge in [0.15, 0.2) is 0 Å². The van der Waals surface area contributed by atoms with Crippen molar-refractivity contribution < 1.29 is 13.6 Å². The van der Waals surface area contributed by atoms with Crippen molar-refractivity contribution in [2.24, 2.45) is 0 Å². The van der Waals surface area contributed by atoms with Gasteiger partial charge in [0.2, 0.25) is 5.95 Å². The van der Waals surface area contributed by atoms with E-state index in [2.05, 4.69) is 20.3 Å². The van der Waals surface area contributed by atoms with Gasteiger partial charge in [-0.2, -0.15) is 0 Å². The fourth-order valence-corrected chi connectivity index (χ4v) is 4.72. The molecule has 0 bridgehead atoms. The quantitative estimate of drug-likeness (QED) is 0.496. The number of hydrogen-bond donors (Lipinski definition) is 1. The molecule has 0 aliphatic rings. The van der Waals surface area contributed by atoms with Crippen LogP contribution in [0, 0.1) is 0 Å². The maximum Gasteiger partial charge on any atom is 0.335 e. The molecule has 142 valence electrons. The van der Waals surface area contributed by atoms with Crippen molar-refractivity contribution in [3.8, 4) is 11.4 Å². The van der Waals surface area contributed by atoms with Crippen molar-refractivity contribution in [1.82, 2.24) is 15.0 Å². The first-order chi connectivity index (χ1) is 13.1. The van der Waals surface area contributed by atoms with Crippen molar-refractivity contribution in [3.63, 3.8) is 0 Å². The molecule has 3 rings (SSSR count). The zero-order valence-electron chi connectivity index (χ0n) is 15.2. The zero-order chi connectivity index (χ0) is 19.1. The number of benzene rings is 1. The van der Waals surface area contributed by atoms with Gasteiger partial charge in [0.05, 0.1) is 36.3 Å². The van der Waals surface area contributed by atoms with Crippen molar-refractivity contribution in [2.75, 3.05) is 18.5 Å². The van der Waals surface area contributed by atoms with E-state index in [9.17, 15) is 4.57 Å². The lowest BCUT2D eigenvalue weighted by Gasteiger charge is -2.17. The molecule has 0 aliphatic heterocycles. The van der Waals surface area contributed by atoms with Crippen LogP contribution < -0.4 is 5.32 Å². The van der Waals surface area contributed by atoms with Crippen LogP contribution in [0.5, 0.6) is 0 Å². The lowest BCUT2D eigenvalue weighted by Crippen LogP contribution is -2.00. The third-order valence-corrected chi connectivity index (χ3v) is 6.23. The van der Waals surface area contributed by atoms with E-state index < -0.39 is 7.60 Å². The fraction of sp³-hybridized carbons (Fsp3) is 0.278. The van der Waals surface area contributed by atoms with Gasteiger partial charge in [-0.1, -0.05) is 12.1 Å². The lowest BCUT2D eigenvalue weighted by atomic mass is 10.2. The Morgan fingerprint density at radius 3 is 2.41 bits per heavy atom. The predicted molar refractivity (Wildman–Crippen MR) is 107 cm³/mol. The molecule has 0 saturated carbocycles. The van der Waals surface area contributed by atoms with E-state index in [0.717, 1.165) is 22.6 Å². The molecule has 1 aromatic carbocycles. The number of thiazole rings is 1. The second kappa shape index (κ2) is 9.19. The zero-order valence-corrected chi connectivity index (χ0v) is 16.9. The summed E-state index contributed by atoms with van der Waals surface area (Å²) in [6, 6.07) is 9.36. The number of rotatable bonds is 9. The van der Waals surface area contributed by atoms with Gasteiger partial charge >= 0.3 is 7.60 Å². The van der Waals surface area contributed by atoms with Crippen molar-refractivity contribution in [1.29, 1.82) is 0 Å². The largest absolute Gasteiger partial charge is 0.335 e. The average Bonchev–Trinajstić information content (AvgIpc) is 3.19. The molecule has 0 unspecified atom stereocenters. The maximum absolute atomic E-state index is 12.6. The summed E-state index contributed by atoms with van der Waals surface area (Å²) < 4.78 is 23.3. The Morgan fingerprint density at radius 2 is 1.78 bits per heavy atom. The molecule has 2 heterocycles. The van der Waals surface area contributed by atoms with Gasteiger partial charge < -0.3 is 14.4 Å². The van der Waals surface area contributed by atoms with Crippen molar-refractivity contribution >= 4 is 30.6 Å². The Bertz CT molecular complexity index is 893. The third kappa shape index (κ3) is 5.43. The van der Waals surface area contributed by atoms with Gasteiger partial charge in [-0.05, 0) is 37.6 Å². The van der Waals surface area contributed by atoms with E-state index in [4.69, 9.17) is 9.05 Å². The highest BCUT2D eigenvalue weighted by Gasteiger charge is 2.23. The summed E-state index contributed by atoms with van der Waals surface area (Å²) in [5.74, 6) is 0.488. The van der Waals surface area contributed by atoms with Crippen molar-refractivity contribution in [2.45, 2.75) is 20.0 Å². The molecule has 0 aliphatic carbocycles. The van der Waals surface area contributed by atoms with Crippen LogP contribution in [0.15, 0.2) is 47.4 Å². The predicted octanol–water partition coefficient (Wildman–Crippen LogP) is 5.11. The van der Waals surface area contributed by atoms with Gasteiger partial charge in [-0.25, -0.2) is 15.0 Å². The van der Waals surface area contributed by atoms with Gasteiger partial charge in [0.25, 0.3) is 0 Å². The van der Waals surface area contributed by atoms with Crippen LogP contribution in [-0.4, -0.2) is 28.2 Å². The molecule has 0 amide bonds. The molecule has 0 fully saturated rings. The summed E-state index contributed by atoms with van der Waals surface area (Å²) in [6.45, 7) is 4.31. The Morgan fingerprint density at radius 1 is 1.04 bits per heavy atom. The first kappa shape index (κ1) is 19.6. The Balaban J connectivity index is 1.69. The maximum atomic E-state index is 12.6. The highest BCUT2D eigenvalue weighted by Crippen LogP contribution is 2.51. The normalized spacial score (nSPS) is 11.5. The van der Waals surface area contributed by atoms with Crippen LogP contribution in [0.4, 0.5) is 11.6 Å². The summed E-state index contributed by atoms with van der Waals surface area (Å²) in [7, 11) is -3.11. The molecule has 27 heavy (non-hydrogen) atoms. The first-order valence-electron chi connectivity index (χ1n) is 8.57. The minimum atomic E-state index is -3.11. The van der Waals surface area contributed by atoms with Crippen LogP contribution >= 0.6 is 18.9 Å². The third-order valence-electron chi connectivity index (χ3n) is 3.59. The topological polar surface area (TPSA) is 86.2 Å². The first-order valence-corrected chi connectivity index (χ1v) is 11.2. The molecule has 2 aromatic heterocycles. The molecule has 0 saturated heterocycles. The minimum Gasteiger partial charge on any atom is -0.324 e. The number of hydrogen-bond acceptors (Lipinski definition) is 8. The summed E-state index contributed by atoms with van der Waals surface area (Å²) in [4.78, 5) is 13.0. The summed E-state index contributed by atoms with van der Waals surface area (Å²) in [5.41, 5.74) is 5.06. The van der Waals surface area contributed by atoms with Crippen LogP contribution in [0.1, 0.15) is 19.4 Å². The molecule has 0 atom stereocenters. The molecule has 3 aromatic rings. The smallest absolute Gasteiger partial charge is 0.324 e. The van der Waals surface area contributed by atoms with E-state index in [1.165, 1.54) is 11.3 Å². The lowest BCUT2D eigenvalue weighted by molar-refractivity contribution is 0.219. The molecule has 0 spiro atoms. The molecular formula is C18H21N4O3PS. The summed E-state index contributed by atoms with van der Waals surface area (Å²) >= 11 is 1.52. The van der Waals surface area contributed by atoms with E-state index >= 15 is 0 Å². The highest BCUT2D eigenvalue weighted by atomic mass is 32.1. The number of nitrogens with one attached hydrogen (secondary N) is 1. The van der Waals surface area contributed by atoms with Gasteiger partial charge in [0.1, 0.15) is 0 Å². The summed E-state index contributed by atoms with van der Waals surface area (Å²) in [6.07, 6.45) is 1.93. The molecule has 7 nitrogen and oxygen atoms in total. The van der Waals surface area contributed by atoms with E-state index in [1.54, 1.807) is 25.6 Å². The molecule has 0 radical (unpaired) electrons. The molecule has 9 heteroatoms. The summed E-state index contributed by atoms with van der Waals surface area (Å²) in [5, 5.41) is 5.11. The van der Waals surface area contributed by atoms with E-state index in [0.29, 0.717) is 19.2 Å². The van der Waals surface area contributed by atoms with Gasteiger partial charge in [-0.3, -0.25) is 4.57 Å². The van der Waals surface area contributed by atoms with E-state index in [-0.39, 0.29) is 6.16 Å². The number of anilines is 2. The number of aromatic nitrogens is 3. The SMILES string of the molecule is CCOP(=O)(Cc1ccc(Nc2nccc(-c3cscn3)n2)cc1)OCC. The number of nitrogens with zero attached hydrogens (tertiary/aromatic N) is 3. The van der Waals surface area contributed by atoms with Crippen LogP contribution in [0.3, 0.4) is 0 Å². The highest BCUT2D eigenvalue weighted by molar-refractivity contribution is 7.53. The Labute approximate surface area is 162 Å². The average molecular weight is 404 g/mol. The fourth-order valence-electron chi connectivity index (χ4n) is 2.47. The Hall–Kier alpha value is -2.12. The van der Waals surface area contributed by atoms with Crippen molar-refractivity contribution in [3.05, 3.63) is 53.0 Å². The monoisotopic (exact) mass is 404 g/mol.